The van der Waals surface area contributed by atoms with Gasteiger partial charge in [0, 0.05) is 6.04 Å². The van der Waals surface area contributed by atoms with E-state index in [1.807, 2.05) is 54.6 Å². The number of nitrogens with one attached hydrogen (secondary N) is 1. The summed E-state index contributed by atoms with van der Waals surface area (Å²) in [4.78, 5) is 50.1. The Morgan fingerprint density at radius 3 is 2.34 bits per heavy atom. The number of hydrogen-bond donors (Lipinski definition) is 3. The highest BCUT2D eigenvalue weighted by Crippen LogP contribution is 2.28. The van der Waals surface area contributed by atoms with Crippen LogP contribution in [0.1, 0.15) is 54.8 Å². The monoisotopic (exact) mass is 649 g/mol. The van der Waals surface area contributed by atoms with Crippen molar-refractivity contribution in [3.05, 3.63) is 94.2 Å². The zero-order valence-corrected chi connectivity index (χ0v) is 26.7. The van der Waals surface area contributed by atoms with Crippen LogP contribution in [0, 0.1) is 18.3 Å². The number of aliphatic hydroxyl groups is 1. The normalized spacial score (nSPS) is 13.9. The van der Waals surface area contributed by atoms with Gasteiger partial charge in [-0.25, -0.2) is 9.48 Å². The first kappa shape index (κ1) is 34.8. The van der Waals surface area contributed by atoms with Crippen LogP contribution in [0.5, 0.6) is 0 Å². The Morgan fingerprint density at radius 2 is 1.72 bits per heavy atom. The first-order valence-corrected chi connectivity index (χ1v) is 15.0. The molecule has 47 heavy (non-hydrogen) atoms. The Bertz CT molecular complexity index is 1710. The predicted molar refractivity (Wildman–Crippen MR) is 167 cm³/mol. The molecule has 2 aromatic carbocycles. The smallest absolute Gasteiger partial charge is 0.457 e. The lowest BCUT2D eigenvalue weighted by atomic mass is 9.82. The fourth-order valence-electron chi connectivity index (χ4n) is 4.71. The lowest BCUT2D eigenvalue weighted by Crippen LogP contribution is -2.44. The Hall–Kier alpha value is -5.08. The minimum absolute atomic E-state index is 0.0261. The molecule has 3 atom stereocenters. The Labute approximate surface area is 270 Å². The number of ether oxygens (including phenoxy) is 2. The van der Waals surface area contributed by atoms with Gasteiger partial charge in [-0.3, -0.25) is 14.4 Å². The minimum Gasteiger partial charge on any atom is -0.457 e. The highest BCUT2D eigenvalue weighted by molar-refractivity contribution is 5.92. The summed E-state index contributed by atoms with van der Waals surface area (Å²) in [5, 5.41) is 21.0. The van der Waals surface area contributed by atoms with Crippen LogP contribution in [0.4, 0.5) is 0 Å². The van der Waals surface area contributed by atoms with E-state index >= 15 is 0 Å². The van der Waals surface area contributed by atoms with Crippen molar-refractivity contribution in [2.75, 3.05) is 6.61 Å². The molecule has 2 heterocycles. The summed E-state index contributed by atoms with van der Waals surface area (Å²) in [6.45, 7) is 5.32. The minimum atomic E-state index is -1.46. The zero-order valence-electron chi connectivity index (χ0n) is 26.7. The molecule has 0 saturated carbocycles. The molecule has 0 bridgehead atoms. The third kappa shape index (κ3) is 9.24. The molecule has 0 aliphatic heterocycles. The van der Waals surface area contributed by atoms with Crippen molar-refractivity contribution in [3.63, 3.8) is 0 Å². The van der Waals surface area contributed by atoms with Gasteiger partial charge in [0.1, 0.15) is 6.04 Å². The molecule has 0 radical (unpaired) electrons. The fourth-order valence-corrected chi connectivity index (χ4v) is 4.71. The fraction of sp³-hybridized carbons (Fsp3) is 0.394. The number of esters is 2. The van der Waals surface area contributed by atoms with E-state index in [0.717, 1.165) is 16.7 Å². The summed E-state index contributed by atoms with van der Waals surface area (Å²) < 4.78 is 21.4. The maximum absolute atomic E-state index is 13.3. The van der Waals surface area contributed by atoms with Crippen molar-refractivity contribution in [2.24, 2.45) is 17.1 Å². The maximum atomic E-state index is 13.3. The largest absolute Gasteiger partial charge is 0.519 e. The number of nitrogens with zero attached hydrogens (tertiary/aromatic N) is 3. The second-order valence-corrected chi connectivity index (χ2v) is 11.9. The summed E-state index contributed by atoms with van der Waals surface area (Å²) in [5.41, 5.74) is 7.21. The van der Waals surface area contributed by atoms with Gasteiger partial charge in [-0.1, -0.05) is 73.7 Å². The van der Waals surface area contributed by atoms with E-state index in [-0.39, 0.29) is 49.3 Å². The van der Waals surface area contributed by atoms with Crippen molar-refractivity contribution in [3.8, 4) is 11.1 Å². The van der Waals surface area contributed by atoms with Crippen LogP contribution in [0.25, 0.3) is 11.1 Å². The van der Waals surface area contributed by atoms with E-state index in [1.54, 1.807) is 13.8 Å². The van der Waals surface area contributed by atoms with Gasteiger partial charge in [-0.05, 0) is 49.3 Å². The number of amides is 1. The highest BCUT2D eigenvalue weighted by atomic mass is 16.6. The number of carbonyl (C=O) groups excluding carboxylic acids is 3. The molecule has 250 valence electrons. The summed E-state index contributed by atoms with van der Waals surface area (Å²) in [7, 11) is 0. The van der Waals surface area contributed by atoms with Crippen molar-refractivity contribution in [1.82, 2.24) is 20.3 Å². The van der Waals surface area contributed by atoms with Gasteiger partial charge >= 0.3 is 17.8 Å². The molecule has 4 N–H and O–H groups in total. The summed E-state index contributed by atoms with van der Waals surface area (Å²) >= 11 is 0. The molecule has 0 unspecified atom stereocenters. The van der Waals surface area contributed by atoms with Gasteiger partial charge in [-0.15, -0.1) is 5.10 Å². The molecular formula is C33H39N5O9. The second-order valence-electron chi connectivity index (χ2n) is 11.9. The number of nitrogens with two attached hydrogens (primary N) is 1. The molecule has 14 heteroatoms. The van der Waals surface area contributed by atoms with Gasteiger partial charge in [-0.2, -0.15) is 0 Å². The van der Waals surface area contributed by atoms with Crippen LogP contribution < -0.4 is 16.9 Å². The predicted octanol–water partition coefficient (Wildman–Crippen LogP) is 2.76. The molecule has 14 nitrogen and oxygen atoms in total. The van der Waals surface area contributed by atoms with Crippen molar-refractivity contribution >= 4 is 17.8 Å². The first-order valence-electron chi connectivity index (χ1n) is 15.0. The van der Waals surface area contributed by atoms with E-state index in [0.29, 0.717) is 0 Å². The molecule has 0 aliphatic carbocycles. The molecule has 0 aliphatic rings. The van der Waals surface area contributed by atoms with Crippen LogP contribution in [0.2, 0.25) is 0 Å². The van der Waals surface area contributed by atoms with E-state index in [1.165, 1.54) is 24.7 Å². The molecule has 1 amide bonds. The Balaban J connectivity index is 1.50. The van der Waals surface area contributed by atoms with Gasteiger partial charge in [0.2, 0.25) is 0 Å². The number of carbonyl (C=O) groups is 3. The summed E-state index contributed by atoms with van der Waals surface area (Å²) in [5.74, 6) is -2.81. The lowest BCUT2D eigenvalue weighted by Gasteiger charge is -2.30. The van der Waals surface area contributed by atoms with E-state index < -0.39 is 47.8 Å². The molecule has 0 fully saturated rings. The molecule has 4 aromatic rings. The average molecular weight is 650 g/mol. The standard InChI is InChI=1S/C33H39N5O9/c1-20(2)28(34)30(41)45-19-38-16-26(36-37-38)29(40)35-25(14-22-10-12-24(13-11-22)23-8-6-5-7-9-23)15-33(4,18-39)31(42)44-17-27-21(3)46-32(43)47-27/h5-13,16,20,25,28,39H,14-15,17-19,34H2,1-4H3,(H,35,40)/t25-,28+,33+/m1/s1. The molecule has 0 saturated heterocycles. The van der Waals surface area contributed by atoms with Crippen molar-refractivity contribution < 1.29 is 37.8 Å². The highest BCUT2D eigenvalue weighted by Gasteiger charge is 2.38. The van der Waals surface area contributed by atoms with Gasteiger partial charge in [0.15, 0.2) is 30.6 Å². The molecule has 4 rings (SSSR count). The average Bonchev–Trinajstić information content (AvgIpc) is 3.67. The number of hydrogen-bond acceptors (Lipinski definition) is 12. The van der Waals surface area contributed by atoms with Gasteiger partial charge in [0.25, 0.3) is 5.91 Å². The van der Waals surface area contributed by atoms with Crippen LogP contribution >= 0.6 is 0 Å². The number of benzene rings is 2. The summed E-state index contributed by atoms with van der Waals surface area (Å²) in [6, 6.07) is 16.1. The van der Waals surface area contributed by atoms with E-state index in [9.17, 15) is 24.3 Å². The number of rotatable bonds is 15. The van der Waals surface area contributed by atoms with E-state index in [2.05, 4.69) is 15.6 Å². The molecule has 0 spiro atoms. The first-order chi connectivity index (χ1) is 22.4. The van der Waals surface area contributed by atoms with Crippen LogP contribution in [-0.2, 0) is 38.8 Å². The van der Waals surface area contributed by atoms with E-state index in [4.69, 9.17) is 24.0 Å². The van der Waals surface area contributed by atoms with Crippen LogP contribution in [-0.4, -0.2) is 56.6 Å². The van der Waals surface area contributed by atoms with Crippen LogP contribution in [0.15, 0.2) is 74.4 Å². The van der Waals surface area contributed by atoms with Gasteiger partial charge in [0.05, 0.1) is 18.2 Å². The molecular weight excluding hydrogens is 610 g/mol. The summed E-state index contributed by atoms with van der Waals surface area (Å²) in [6.07, 6.45) is 1.58. The van der Waals surface area contributed by atoms with Crippen molar-refractivity contribution in [1.29, 1.82) is 0 Å². The second kappa shape index (κ2) is 15.5. The third-order valence-electron chi connectivity index (χ3n) is 7.69. The van der Waals surface area contributed by atoms with Gasteiger partial charge < -0.3 is 34.5 Å². The Morgan fingerprint density at radius 1 is 1.04 bits per heavy atom. The molecule has 2 aromatic heterocycles. The number of aliphatic hydroxyl groups excluding tert-OH is 1. The maximum Gasteiger partial charge on any atom is 0.519 e. The zero-order chi connectivity index (χ0) is 34.1. The van der Waals surface area contributed by atoms with Crippen LogP contribution in [0.3, 0.4) is 0 Å². The quantitative estimate of drug-likeness (QED) is 0.159. The third-order valence-corrected chi connectivity index (χ3v) is 7.69. The Kier molecular flexibility index (Phi) is 11.5. The topological polar surface area (TPSA) is 202 Å². The number of aromatic nitrogens is 3. The van der Waals surface area contributed by atoms with Crippen molar-refractivity contribution in [2.45, 2.75) is 66.0 Å². The SMILES string of the molecule is Cc1oc(=O)oc1COC(=O)[C@](C)(CO)C[C@@H](Cc1ccc(-c2ccccc2)cc1)NC(=O)c1cn(COC(=O)[C@@H](N)C(C)C)nn1. The number of aryl methyl sites for hydroxylation is 1. The lowest BCUT2D eigenvalue weighted by molar-refractivity contribution is -0.160.